The first-order valence-corrected chi connectivity index (χ1v) is 12.6. The molecule has 1 aromatic heterocycles. The van der Waals surface area contributed by atoms with Gasteiger partial charge in [-0.15, -0.1) is 0 Å². The second-order valence-corrected chi connectivity index (χ2v) is 9.26. The molecule has 4 heteroatoms. The highest BCUT2D eigenvalue weighted by Crippen LogP contribution is 2.37. The quantitative estimate of drug-likeness (QED) is 0.235. The molecule has 0 aliphatic heterocycles. The van der Waals surface area contributed by atoms with E-state index in [1.165, 1.54) is 16.7 Å². The average molecular weight is 488 g/mol. The Morgan fingerprint density at radius 1 is 0.667 bits per heavy atom. The maximum absolute atomic E-state index is 6.95. The number of hydrogen-bond donors (Lipinski definition) is 2. The number of benzene rings is 4. The van der Waals surface area contributed by atoms with E-state index in [1.807, 2.05) is 36.4 Å². The lowest BCUT2D eigenvalue weighted by Gasteiger charge is -2.14. The van der Waals surface area contributed by atoms with Crippen molar-refractivity contribution in [2.75, 3.05) is 5.73 Å². The number of nitrogen functional groups attached to an aromatic ring is 1. The van der Waals surface area contributed by atoms with Crippen molar-refractivity contribution in [2.45, 2.75) is 19.5 Å². The zero-order valence-electron chi connectivity index (χ0n) is 20.1. The first kappa shape index (κ1) is 23.6. The average Bonchev–Trinajstić information content (AvgIpc) is 3.20. The largest absolute Gasteiger partial charge is 0.384 e. The van der Waals surface area contributed by atoms with E-state index in [1.54, 1.807) is 0 Å². The normalized spacial score (nSPS) is 10.8. The Hall–Kier alpha value is -4.15. The molecule has 0 fully saturated rings. The SMILES string of the molecule is Nc1c(C(=S)NCc2ccccc2)c(-c2ccccc2)c(Cc2ccccc2)n1Cc1ccccc1. The Labute approximate surface area is 218 Å². The van der Waals surface area contributed by atoms with Gasteiger partial charge in [0, 0.05) is 30.8 Å². The second kappa shape index (κ2) is 11.1. The summed E-state index contributed by atoms with van der Waals surface area (Å²) in [5.41, 5.74) is 14.8. The molecule has 3 N–H and O–H groups in total. The van der Waals surface area contributed by atoms with E-state index >= 15 is 0 Å². The van der Waals surface area contributed by atoms with Gasteiger partial charge in [-0.2, -0.15) is 0 Å². The first-order valence-electron chi connectivity index (χ1n) is 12.2. The molecular formula is C32H29N3S. The molecule has 178 valence electrons. The van der Waals surface area contributed by atoms with E-state index in [0.29, 0.717) is 23.9 Å². The summed E-state index contributed by atoms with van der Waals surface area (Å²) in [4.78, 5) is 0.663. The Bertz CT molecular complexity index is 1430. The molecule has 0 saturated carbocycles. The van der Waals surface area contributed by atoms with Gasteiger partial charge in [0.25, 0.3) is 0 Å². The lowest BCUT2D eigenvalue weighted by atomic mass is 9.97. The smallest absolute Gasteiger partial charge is 0.114 e. The van der Waals surface area contributed by atoms with Crippen LogP contribution in [-0.4, -0.2) is 9.56 Å². The number of nitrogens with two attached hydrogens (primary N) is 1. The van der Waals surface area contributed by atoms with Gasteiger partial charge in [-0.05, 0) is 22.3 Å². The summed E-state index contributed by atoms with van der Waals surface area (Å²) in [6.07, 6.45) is 0.753. The second-order valence-electron chi connectivity index (χ2n) is 8.85. The zero-order chi connectivity index (χ0) is 24.7. The summed E-state index contributed by atoms with van der Waals surface area (Å²) in [7, 11) is 0. The third-order valence-electron chi connectivity index (χ3n) is 6.39. The number of nitrogens with one attached hydrogen (secondary N) is 1. The summed E-state index contributed by atoms with van der Waals surface area (Å²) in [6.45, 7) is 1.32. The van der Waals surface area contributed by atoms with Crippen molar-refractivity contribution in [3.63, 3.8) is 0 Å². The van der Waals surface area contributed by atoms with E-state index in [9.17, 15) is 0 Å². The number of anilines is 1. The molecule has 0 aliphatic rings. The third-order valence-corrected chi connectivity index (χ3v) is 6.74. The number of thiocarbonyl (C=S) groups is 1. The molecule has 0 spiro atoms. The van der Waals surface area contributed by atoms with E-state index in [4.69, 9.17) is 18.0 Å². The Kier molecular flexibility index (Phi) is 7.25. The van der Waals surface area contributed by atoms with Crippen LogP contribution in [0.3, 0.4) is 0 Å². The van der Waals surface area contributed by atoms with Crippen LogP contribution in [-0.2, 0) is 19.5 Å². The van der Waals surface area contributed by atoms with Crippen LogP contribution in [0.4, 0.5) is 5.82 Å². The molecule has 0 radical (unpaired) electrons. The summed E-state index contributed by atoms with van der Waals surface area (Å²) < 4.78 is 2.23. The summed E-state index contributed by atoms with van der Waals surface area (Å²) in [6, 6.07) is 41.7. The Balaban J connectivity index is 1.64. The lowest BCUT2D eigenvalue weighted by molar-refractivity contribution is 0.769. The molecule has 0 saturated heterocycles. The highest BCUT2D eigenvalue weighted by Gasteiger charge is 2.25. The monoisotopic (exact) mass is 487 g/mol. The van der Waals surface area contributed by atoms with Crippen LogP contribution in [0, 0.1) is 0 Å². The summed E-state index contributed by atoms with van der Waals surface area (Å²) in [5.74, 6) is 0.689. The van der Waals surface area contributed by atoms with Crippen LogP contribution in [0.25, 0.3) is 11.1 Å². The maximum atomic E-state index is 6.95. The van der Waals surface area contributed by atoms with Crippen LogP contribution < -0.4 is 11.1 Å². The van der Waals surface area contributed by atoms with Crippen LogP contribution in [0.5, 0.6) is 0 Å². The maximum Gasteiger partial charge on any atom is 0.114 e. The predicted octanol–water partition coefficient (Wildman–Crippen LogP) is 6.84. The topological polar surface area (TPSA) is 43.0 Å². The fourth-order valence-corrected chi connectivity index (χ4v) is 4.90. The molecule has 5 aromatic rings. The molecule has 5 rings (SSSR count). The molecule has 36 heavy (non-hydrogen) atoms. The summed E-state index contributed by atoms with van der Waals surface area (Å²) in [5, 5.41) is 3.47. The van der Waals surface area contributed by atoms with Gasteiger partial charge >= 0.3 is 0 Å². The molecule has 0 atom stereocenters. The van der Waals surface area contributed by atoms with Crippen molar-refractivity contribution >= 4 is 23.0 Å². The van der Waals surface area contributed by atoms with Gasteiger partial charge < -0.3 is 15.6 Å². The summed E-state index contributed by atoms with van der Waals surface area (Å²) >= 11 is 5.99. The predicted molar refractivity (Wildman–Crippen MR) is 154 cm³/mol. The molecular weight excluding hydrogens is 458 g/mol. The molecule has 3 nitrogen and oxygen atoms in total. The Morgan fingerprint density at radius 3 is 1.75 bits per heavy atom. The minimum Gasteiger partial charge on any atom is -0.384 e. The van der Waals surface area contributed by atoms with Crippen molar-refractivity contribution in [1.29, 1.82) is 0 Å². The van der Waals surface area contributed by atoms with Gasteiger partial charge in [-0.1, -0.05) is 134 Å². The van der Waals surface area contributed by atoms with Crippen LogP contribution in [0.15, 0.2) is 121 Å². The van der Waals surface area contributed by atoms with Gasteiger partial charge in [0.1, 0.15) is 10.8 Å². The molecule has 0 aliphatic carbocycles. The minimum atomic E-state index is 0.644. The van der Waals surface area contributed by atoms with Crippen LogP contribution in [0.2, 0.25) is 0 Å². The third kappa shape index (κ3) is 5.24. The van der Waals surface area contributed by atoms with Crippen molar-refractivity contribution in [2.24, 2.45) is 0 Å². The van der Waals surface area contributed by atoms with Crippen molar-refractivity contribution < 1.29 is 0 Å². The van der Waals surface area contributed by atoms with Crippen LogP contribution in [0.1, 0.15) is 27.9 Å². The van der Waals surface area contributed by atoms with Crippen molar-refractivity contribution in [1.82, 2.24) is 9.88 Å². The van der Waals surface area contributed by atoms with Gasteiger partial charge in [0.2, 0.25) is 0 Å². The number of aromatic nitrogens is 1. The first-order chi connectivity index (χ1) is 17.7. The van der Waals surface area contributed by atoms with E-state index in [2.05, 4.69) is 94.8 Å². The highest BCUT2D eigenvalue weighted by molar-refractivity contribution is 7.80. The lowest BCUT2D eigenvalue weighted by Crippen LogP contribution is -2.23. The molecule has 1 heterocycles. The number of hydrogen-bond acceptors (Lipinski definition) is 2. The zero-order valence-corrected chi connectivity index (χ0v) is 20.9. The number of nitrogens with zero attached hydrogens (tertiary/aromatic N) is 1. The van der Waals surface area contributed by atoms with Gasteiger partial charge in [0.05, 0.1) is 5.56 Å². The molecule has 0 amide bonds. The fraction of sp³-hybridized carbons (Fsp3) is 0.0938. The van der Waals surface area contributed by atoms with Gasteiger partial charge in [-0.3, -0.25) is 0 Å². The van der Waals surface area contributed by atoms with Crippen LogP contribution >= 0.6 is 12.2 Å². The molecule has 4 aromatic carbocycles. The van der Waals surface area contributed by atoms with Gasteiger partial charge in [0.15, 0.2) is 0 Å². The highest BCUT2D eigenvalue weighted by atomic mass is 32.1. The number of rotatable bonds is 8. The van der Waals surface area contributed by atoms with Crippen molar-refractivity contribution in [3.8, 4) is 11.1 Å². The van der Waals surface area contributed by atoms with E-state index in [0.717, 1.165) is 28.8 Å². The standard InChI is InChI=1S/C32H29N3S/c33-31-30(32(36)34-22-25-15-7-2-8-16-25)29(27-19-11-4-12-20-27)28(21-24-13-5-1-6-14-24)35(31)23-26-17-9-3-10-18-26/h1-20H,21-23,33H2,(H,34,36). The van der Waals surface area contributed by atoms with E-state index < -0.39 is 0 Å². The Morgan fingerprint density at radius 2 is 1.17 bits per heavy atom. The van der Waals surface area contributed by atoms with E-state index in [-0.39, 0.29) is 0 Å². The molecule has 0 bridgehead atoms. The van der Waals surface area contributed by atoms with Gasteiger partial charge in [-0.25, -0.2) is 0 Å². The van der Waals surface area contributed by atoms with Crippen molar-refractivity contribution in [3.05, 3.63) is 149 Å². The minimum absolute atomic E-state index is 0.644. The molecule has 0 unspecified atom stereocenters. The fourth-order valence-electron chi connectivity index (χ4n) is 4.62.